The van der Waals surface area contributed by atoms with Crippen LogP contribution in [-0.2, 0) is 22.4 Å². The summed E-state index contributed by atoms with van der Waals surface area (Å²) in [6.45, 7) is 13.7. The molecule has 0 atom stereocenters. The van der Waals surface area contributed by atoms with E-state index in [2.05, 4.69) is 45.9 Å². The molecule has 0 aromatic heterocycles. The highest BCUT2D eigenvalue weighted by Crippen LogP contribution is 2.23. The molecule has 0 aliphatic carbocycles. The fraction of sp³-hybridized carbons (Fsp3) is 0.708. The van der Waals surface area contributed by atoms with Crippen molar-refractivity contribution in [2.75, 3.05) is 0 Å². The van der Waals surface area contributed by atoms with Crippen molar-refractivity contribution in [2.45, 2.75) is 105 Å². The molecule has 1 aromatic carbocycles. The molecule has 26 heavy (non-hydrogen) atoms. The SMILES string of the molecule is Cc1cc(CCCCCC(C)(C)C)ccc1CCCCC(C)(C)OC=O. The summed E-state index contributed by atoms with van der Waals surface area (Å²) in [5.74, 6) is 0. The molecule has 2 heteroatoms. The fourth-order valence-corrected chi connectivity index (χ4v) is 3.41. The first-order valence-corrected chi connectivity index (χ1v) is 10.3. The second-order valence-electron chi connectivity index (χ2n) is 9.56. The van der Waals surface area contributed by atoms with Gasteiger partial charge in [0.2, 0.25) is 0 Å². The molecule has 0 bridgehead atoms. The van der Waals surface area contributed by atoms with Crippen molar-refractivity contribution in [3.8, 4) is 0 Å². The number of unbranched alkanes of at least 4 members (excludes halogenated alkanes) is 3. The molecule has 2 nitrogen and oxygen atoms in total. The summed E-state index contributed by atoms with van der Waals surface area (Å²) in [5.41, 5.74) is 4.47. The van der Waals surface area contributed by atoms with Gasteiger partial charge in [0.25, 0.3) is 6.47 Å². The Morgan fingerprint density at radius 1 is 0.885 bits per heavy atom. The summed E-state index contributed by atoms with van der Waals surface area (Å²) >= 11 is 0. The van der Waals surface area contributed by atoms with E-state index in [1.807, 2.05) is 13.8 Å². The molecule has 0 saturated carbocycles. The lowest BCUT2D eigenvalue weighted by molar-refractivity contribution is -0.140. The number of ether oxygens (including phenoxy) is 1. The molecule has 0 radical (unpaired) electrons. The van der Waals surface area contributed by atoms with Gasteiger partial charge in [-0.05, 0) is 87.8 Å². The third-order valence-electron chi connectivity index (χ3n) is 5.14. The number of hydrogen-bond donors (Lipinski definition) is 0. The van der Waals surface area contributed by atoms with Gasteiger partial charge in [-0.2, -0.15) is 0 Å². The van der Waals surface area contributed by atoms with Crippen molar-refractivity contribution in [1.82, 2.24) is 0 Å². The number of hydrogen-bond acceptors (Lipinski definition) is 2. The topological polar surface area (TPSA) is 26.3 Å². The summed E-state index contributed by atoms with van der Waals surface area (Å²) < 4.78 is 5.11. The molecule has 0 aliphatic rings. The van der Waals surface area contributed by atoms with Gasteiger partial charge < -0.3 is 4.74 Å². The van der Waals surface area contributed by atoms with E-state index in [0.717, 1.165) is 25.7 Å². The highest BCUT2D eigenvalue weighted by atomic mass is 16.5. The Kier molecular flexibility index (Phi) is 9.39. The van der Waals surface area contributed by atoms with E-state index in [0.29, 0.717) is 11.9 Å². The van der Waals surface area contributed by atoms with Gasteiger partial charge in [0.05, 0.1) is 0 Å². The summed E-state index contributed by atoms with van der Waals surface area (Å²) in [6, 6.07) is 7.00. The molecule has 0 N–H and O–H groups in total. The number of carbonyl (C=O) groups is 1. The third-order valence-corrected chi connectivity index (χ3v) is 5.14. The molecular formula is C24H40O2. The molecular weight excluding hydrogens is 320 g/mol. The fourth-order valence-electron chi connectivity index (χ4n) is 3.41. The summed E-state index contributed by atoms with van der Waals surface area (Å²) in [6.07, 6.45) is 10.7. The van der Waals surface area contributed by atoms with E-state index in [-0.39, 0.29) is 5.60 Å². The van der Waals surface area contributed by atoms with Crippen LogP contribution in [0.1, 0.15) is 96.3 Å². The maximum absolute atomic E-state index is 10.5. The van der Waals surface area contributed by atoms with Crippen LogP contribution in [0.2, 0.25) is 0 Å². The maximum Gasteiger partial charge on any atom is 0.293 e. The second kappa shape index (κ2) is 10.7. The van der Waals surface area contributed by atoms with Gasteiger partial charge in [0, 0.05) is 0 Å². The lowest BCUT2D eigenvalue weighted by Gasteiger charge is -2.22. The zero-order valence-corrected chi connectivity index (χ0v) is 18.0. The smallest absolute Gasteiger partial charge is 0.293 e. The Morgan fingerprint density at radius 3 is 2.15 bits per heavy atom. The van der Waals surface area contributed by atoms with Crippen LogP contribution in [0.5, 0.6) is 0 Å². The second-order valence-corrected chi connectivity index (χ2v) is 9.56. The standard InChI is InChI=1S/C24H40O2/c1-20-18-21(12-8-7-10-16-23(2,3)4)14-15-22(20)13-9-11-17-24(5,6)26-19-25/h14-15,18-19H,7-13,16-17H2,1-6H3. The first-order valence-electron chi connectivity index (χ1n) is 10.3. The Bertz CT molecular complexity index is 538. The Balaban J connectivity index is 2.32. The van der Waals surface area contributed by atoms with Crippen LogP contribution in [0.3, 0.4) is 0 Å². The predicted octanol–water partition coefficient (Wildman–Crippen LogP) is 6.81. The average molecular weight is 361 g/mol. The molecule has 0 amide bonds. The highest BCUT2D eigenvalue weighted by Gasteiger charge is 2.17. The Labute approximate surface area is 161 Å². The third kappa shape index (κ3) is 9.99. The zero-order valence-electron chi connectivity index (χ0n) is 18.0. The molecule has 0 heterocycles. The van der Waals surface area contributed by atoms with Crippen LogP contribution in [0.25, 0.3) is 0 Å². The van der Waals surface area contributed by atoms with E-state index in [1.165, 1.54) is 48.8 Å². The molecule has 0 spiro atoms. The molecule has 0 aliphatic heterocycles. The highest BCUT2D eigenvalue weighted by molar-refractivity contribution is 5.38. The predicted molar refractivity (Wildman–Crippen MR) is 112 cm³/mol. The summed E-state index contributed by atoms with van der Waals surface area (Å²) in [7, 11) is 0. The molecule has 1 aromatic rings. The normalized spacial score (nSPS) is 12.2. The lowest BCUT2D eigenvalue weighted by Crippen LogP contribution is -2.23. The molecule has 1 rings (SSSR count). The van der Waals surface area contributed by atoms with E-state index in [1.54, 1.807) is 0 Å². The van der Waals surface area contributed by atoms with Crippen LogP contribution in [0.4, 0.5) is 0 Å². The van der Waals surface area contributed by atoms with Gasteiger partial charge in [0.1, 0.15) is 5.60 Å². The van der Waals surface area contributed by atoms with Crippen molar-refractivity contribution in [1.29, 1.82) is 0 Å². The van der Waals surface area contributed by atoms with Crippen LogP contribution >= 0.6 is 0 Å². The largest absolute Gasteiger partial charge is 0.462 e. The number of carbonyl (C=O) groups excluding carboxylic acids is 1. The van der Waals surface area contributed by atoms with E-state index < -0.39 is 0 Å². The van der Waals surface area contributed by atoms with Gasteiger partial charge in [0.15, 0.2) is 0 Å². The minimum atomic E-state index is -0.340. The monoisotopic (exact) mass is 360 g/mol. The zero-order chi connectivity index (χ0) is 19.6. The van der Waals surface area contributed by atoms with Gasteiger partial charge in [-0.25, -0.2) is 0 Å². The van der Waals surface area contributed by atoms with Gasteiger partial charge in [-0.1, -0.05) is 51.8 Å². The lowest BCUT2D eigenvalue weighted by atomic mass is 9.89. The first-order chi connectivity index (χ1) is 12.1. The van der Waals surface area contributed by atoms with E-state index >= 15 is 0 Å². The van der Waals surface area contributed by atoms with Crippen molar-refractivity contribution in [2.24, 2.45) is 5.41 Å². The van der Waals surface area contributed by atoms with Crippen molar-refractivity contribution in [3.05, 3.63) is 34.9 Å². The quantitative estimate of drug-likeness (QED) is 0.302. The first kappa shape index (κ1) is 22.7. The molecule has 0 unspecified atom stereocenters. The average Bonchev–Trinajstić information content (AvgIpc) is 2.51. The molecule has 148 valence electrons. The number of benzene rings is 1. The van der Waals surface area contributed by atoms with Crippen molar-refractivity contribution >= 4 is 6.47 Å². The van der Waals surface area contributed by atoms with E-state index in [4.69, 9.17) is 4.74 Å². The summed E-state index contributed by atoms with van der Waals surface area (Å²) in [4.78, 5) is 10.5. The van der Waals surface area contributed by atoms with Crippen molar-refractivity contribution < 1.29 is 9.53 Å². The van der Waals surface area contributed by atoms with Crippen molar-refractivity contribution in [3.63, 3.8) is 0 Å². The van der Waals surface area contributed by atoms with Crippen LogP contribution in [-0.4, -0.2) is 12.1 Å². The van der Waals surface area contributed by atoms with Crippen LogP contribution < -0.4 is 0 Å². The van der Waals surface area contributed by atoms with E-state index in [9.17, 15) is 4.79 Å². The molecule has 0 saturated heterocycles. The molecule has 0 fully saturated rings. The summed E-state index contributed by atoms with van der Waals surface area (Å²) in [5, 5.41) is 0. The van der Waals surface area contributed by atoms with Gasteiger partial charge >= 0.3 is 0 Å². The minimum absolute atomic E-state index is 0.340. The number of rotatable bonds is 12. The van der Waals surface area contributed by atoms with Gasteiger partial charge in [-0.3, -0.25) is 4.79 Å². The van der Waals surface area contributed by atoms with Gasteiger partial charge in [-0.15, -0.1) is 0 Å². The Morgan fingerprint density at radius 2 is 1.54 bits per heavy atom. The van der Waals surface area contributed by atoms with Crippen LogP contribution in [0, 0.1) is 12.3 Å². The minimum Gasteiger partial charge on any atom is -0.462 e. The van der Waals surface area contributed by atoms with Crippen LogP contribution in [0.15, 0.2) is 18.2 Å². The Hall–Kier alpha value is -1.31. The number of aryl methyl sites for hydroxylation is 3. The maximum atomic E-state index is 10.5.